The molecule has 1 aliphatic rings. The summed E-state index contributed by atoms with van der Waals surface area (Å²) in [7, 11) is 0. The number of amides is 2. The second-order valence-corrected chi connectivity index (χ2v) is 9.42. The zero-order valence-corrected chi connectivity index (χ0v) is 19.7. The minimum Gasteiger partial charge on any atom is -0.481 e. The van der Waals surface area contributed by atoms with E-state index in [9.17, 15) is 32.8 Å². The predicted octanol–water partition coefficient (Wildman–Crippen LogP) is 3.33. The molecule has 0 aliphatic carbocycles. The molecule has 0 saturated heterocycles. The quantitative estimate of drug-likeness (QED) is 0.547. The maximum Gasteiger partial charge on any atom is 0.417 e. The Morgan fingerprint density at radius 2 is 1.94 bits per heavy atom. The maximum absolute atomic E-state index is 13.5. The van der Waals surface area contributed by atoms with Crippen molar-refractivity contribution in [1.82, 2.24) is 15.2 Å². The van der Waals surface area contributed by atoms with Crippen molar-refractivity contribution in [3.05, 3.63) is 46.5 Å². The first-order valence-electron chi connectivity index (χ1n) is 10.9. The molecule has 2 amide bonds. The number of carbonyl (C=O) groups is 3. The number of carbonyl (C=O) groups excluding carboxylic acids is 2. The van der Waals surface area contributed by atoms with E-state index in [0.29, 0.717) is 11.6 Å². The van der Waals surface area contributed by atoms with E-state index in [-0.39, 0.29) is 36.2 Å². The first-order valence-corrected chi connectivity index (χ1v) is 10.9. The summed E-state index contributed by atoms with van der Waals surface area (Å²) < 4.78 is 40.4. The minimum atomic E-state index is -4.84. The van der Waals surface area contributed by atoms with Crippen molar-refractivity contribution in [1.29, 1.82) is 5.26 Å². The van der Waals surface area contributed by atoms with Crippen LogP contribution in [0.3, 0.4) is 0 Å². The number of pyridine rings is 1. The largest absolute Gasteiger partial charge is 0.481 e. The lowest BCUT2D eigenvalue weighted by Crippen LogP contribution is -2.52. The summed E-state index contributed by atoms with van der Waals surface area (Å²) in [6.45, 7) is 5.14. The molecular formula is C24H24F3N5O4. The second kappa shape index (κ2) is 9.49. The highest BCUT2D eigenvalue weighted by Crippen LogP contribution is 2.38. The Morgan fingerprint density at radius 3 is 2.50 bits per heavy atom. The lowest BCUT2D eigenvalue weighted by atomic mass is 9.98. The number of halogens is 3. The first kappa shape index (κ1) is 26.5. The lowest BCUT2D eigenvalue weighted by molar-refractivity contribution is -0.138. The van der Waals surface area contributed by atoms with E-state index in [4.69, 9.17) is 10.8 Å². The number of benzene rings is 1. The van der Waals surface area contributed by atoms with Crippen LogP contribution < -0.4 is 11.1 Å². The Hall–Kier alpha value is -4.14. The Morgan fingerprint density at radius 1 is 1.28 bits per heavy atom. The van der Waals surface area contributed by atoms with Gasteiger partial charge in [-0.05, 0) is 51.0 Å². The van der Waals surface area contributed by atoms with Gasteiger partial charge in [0.1, 0.15) is 17.9 Å². The second-order valence-electron chi connectivity index (χ2n) is 9.42. The third-order valence-corrected chi connectivity index (χ3v) is 5.48. The summed E-state index contributed by atoms with van der Waals surface area (Å²) in [6.07, 6.45) is -5.32. The minimum absolute atomic E-state index is 0.0831. The van der Waals surface area contributed by atoms with Gasteiger partial charge in [-0.1, -0.05) is 6.07 Å². The van der Waals surface area contributed by atoms with Crippen molar-refractivity contribution in [2.24, 2.45) is 0 Å². The van der Waals surface area contributed by atoms with E-state index in [1.54, 1.807) is 20.8 Å². The highest BCUT2D eigenvalue weighted by atomic mass is 19.4. The molecule has 2 aromatic rings. The number of rotatable bonds is 6. The Balaban J connectivity index is 2.02. The molecule has 9 nitrogen and oxygen atoms in total. The van der Waals surface area contributed by atoms with Crippen LogP contribution in [0, 0.1) is 11.3 Å². The molecule has 2 heterocycles. The molecular weight excluding hydrogens is 479 g/mol. The van der Waals surface area contributed by atoms with Gasteiger partial charge in [0, 0.05) is 29.6 Å². The third kappa shape index (κ3) is 5.56. The fraction of sp³-hybridized carbons (Fsp3) is 0.375. The van der Waals surface area contributed by atoms with Gasteiger partial charge in [0.25, 0.3) is 5.91 Å². The summed E-state index contributed by atoms with van der Waals surface area (Å²) in [5.41, 5.74) is 3.47. The number of alkyl halides is 3. The zero-order valence-electron chi connectivity index (χ0n) is 19.7. The average Bonchev–Trinajstić information content (AvgIpc) is 3.06. The normalized spacial score (nSPS) is 14.2. The van der Waals surface area contributed by atoms with Gasteiger partial charge in [-0.15, -0.1) is 0 Å². The smallest absolute Gasteiger partial charge is 0.417 e. The van der Waals surface area contributed by atoms with E-state index in [0.717, 1.165) is 0 Å². The molecule has 190 valence electrons. The van der Waals surface area contributed by atoms with E-state index < -0.39 is 52.5 Å². The van der Waals surface area contributed by atoms with Gasteiger partial charge in [-0.2, -0.15) is 18.4 Å². The van der Waals surface area contributed by atoms with Gasteiger partial charge in [-0.3, -0.25) is 14.4 Å². The number of carboxylic acids is 1. The number of hydrogen-bond acceptors (Lipinski definition) is 6. The standard InChI is InChI=1S/C24H24F3N5O4/c1-23(2,3)31-21(35)17(6-7-19(33)34)32-11-13-8-12(4-5-14(13)22(32)36)20-15(10-28)16(24(25,26)27)9-18(29)30-20/h4-5,8-9,17H,6-7,11H2,1-3H3,(H2,29,30)(H,31,35)(H,33,34). The number of aliphatic carboxylic acids is 1. The van der Waals surface area contributed by atoms with Crippen molar-refractivity contribution < 1.29 is 32.7 Å². The molecule has 0 spiro atoms. The summed E-state index contributed by atoms with van der Waals surface area (Å²) in [5, 5.41) is 21.3. The average molecular weight is 503 g/mol. The van der Waals surface area contributed by atoms with Crippen LogP contribution in [0.2, 0.25) is 0 Å². The molecule has 0 radical (unpaired) electrons. The molecule has 0 saturated carbocycles. The Labute approximate surface area is 204 Å². The van der Waals surface area contributed by atoms with Crippen molar-refractivity contribution >= 4 is 23.6 Å². The topological polar surface area (TPSA) is 149 Å². The summed E-state index contributed by atoms with van der Waals surface area (Å²) >= 11 is 0. The maximum atomic E-state index is 13.5. The number of carboxylic acid groups (broad SMARTS) is 1. The number of aromatic nitrogens is 1. The molecule has 12 heteroatoms. The number of nitrogen functional groups attached to an aromatic ring is 1. The van der Waals surface area contributed by atoms with Crippen LogP contribution in [0.25, 0.3) is 11.3 Å². The van der Waals surface area contributed by atoms with Crippen molar-refractivity contribution in [2.75, 3.05) is 5.73 Å². The van der Waals surface area contributed by atoms with Gasteiger partial charge in [0.15, 0.2) is 0 Å². The van der Waals surface area contributed by atoms with Crippen molar-refractivity contribution in [3.8, 4) is 17.3 Å². The number of nitriles is 1. The summed E-state index contributed by atoms with van der Waals surface area (Å²) in [5.74, 6) is -2.61. The van der Waals surface area contributed by atoms with Crippen molar-refractivity contribution in [3.63, 3.8) is 0 Å². The highest BCUT2D eigenvalue weighted by Gasteiger charge is 2.39. The predicted molar refractivity (Wildman–Crippen MR) is 122 cm³/mol. The molecule has 1 aromatic heterocycles. The van der Waals surface area contributed by atoms with E-state index in [2.05, 4.69) is 10.3 Å². The van der Waals surface area contributed by atoms with Crippen LogP contribution in [0.4, 0.5) is 19.0 Å². The van der Waals surface area contributed by atoms with Gasteiger partial charge in [-0.25, -0.2) is 4.98 Å². The van der Waals surface area contributed by atoms with Gasteiger partial charge < -0.3 is 21.1 Å². The van der Waals surface area contributed by atoms with Crippen LogP contribution in [0.15, 0.2) is 24.3 Å². The molecule has 0 fully saturated rings. The summed E-state index contributed by atoms with van der Waals surface area (Å²) in [4.78, 5) is 42.4. The van der Waals surface area contributed by atoms with Crippen LogP contribution >= 0.6 is 0 Å². The summed E-state index contributed by atoms with van der Waals surface area (Å²) in [6, 6.07) is 5.19. The number of fused-ring (bicyclic) bond motifs is 1. The number of nitrogens with zero attached hydrogens (tertiary/aromatic N) is 3. The van der Waals surface area contributed by atoms with Gasteiger partial charge in [0.2, 0.25) is 5.91 Å². The van der Waals surface area contributed by atoms with Gasteiger partial charge >= 0.3 is 12.1 Å². The lowest BCUT2D eigenvalue weighted by Gasteiger charge is -2.30. The number of nitrogens with two attached hydrogens (primary N) is 1. The zero-order chi connectivity index (χ0) is 27.0. The molecule has 4 N–H and O–H groups in total. The molecule has 36 heavy (non-hydrogen) atoms. The number of anilines is 1. The third-order valence-electron chi connectivity index (χ3n) is 5.48. The molecule has 1 aliphatic heterocycles. The first-order chi connectivity index (χ1) is 16.6. The molecule has 1 atom stereocenters. The fourth-order valence-corrected chi connectivity index (χ4v) is 3.99. The van der Waals surface area contributed by atoms with Crippen LogP contribution in [0.5, 0.6) is 0 Å². The molecule has 1 unspecified atom stereocenters. The van der Waals surface area contributed by atoms with E-state index in [1.165, 1.54) is 29.2 Å². The highest BCUT2D eigenvalue weighted by molar-refractivity contribution is 6.01. The van der Waals surface area contributed by atoms with Crippen molar-refractivity contribution in [2.45, 2.75) is 57.9 Å². The van der Waals surface area contributed by atoms with E-state index in [1.807, 2.05) is 0 Å². The Bertz CT molecular complexity index is 1280. The Kier molecular flexibility index (Phi) is 6.97. The molecule has 1 aromatic carbocycles. The molecule has 3 rings (SSSR count). The number of nitrogens with one attached hydrogen (secondary N) is 1. The number of hydrogen-bond donors (Lipinski definition) is 3. The fourth-order valence-electron chi connectivity index (χ4n) is 3.99. The van der Waals surface area contributed by atoms with Gasteiger partial charge in [0.05, 0.1) is 16.8 Å². The molecule has 0 bridgehead atoms. The van der Waals surface area contributed by atoms with E-state index >= 15 is 0 Å². The van der Waals surface area contributed by atoms with Crippen LogP contribution in [-0.2, 0) is 22.3 Å². The van der Waals surface area contributed by atoms with Crippen LogP contribution in [0.1, 0.15) is 60.7 Å². The van der Waals surface area contributed by atoms with Crippen LogP contribution in [-0.4, -0.2) is 44.4 Å². The SMILES string of the molecule is CC(C)(C)NC(=O)C(CCC(=O)O)N1Cc2cc(-c3nc(N)cc(C(F)(F)F)c3C#N)ccc2C1=O. The monoisotopic (exact) mass is 503 g/mol.